The smallest absolute Gasteiger partial charge is 0.335 e. The predicted octanol–water partition coefficient (Wildman–Crippen LogP) is 0.362. The first-order chi connectivity index (χ1) is 11.5. The van der Waals surface area contributed by atoms with E-state index in [2.05, 4.69) is 5.14 Å². The van der Waals surface area contributed by atoms with Crippen molar-refractivity contribution >= 4 is 22.2 Å². The second kappa shape index (κ2) is 14.3. The van der Waals surface area contributed by atoms with E-state index in [0.717, 1.165) is 25.7 Å². The molecule has 1 aromatic carbocycles. The molecule has 0 aliphatic rings. The fourth-order valence-corrected chi connectivity index (χ4v) is 1.33. The number of nitrogens with two attached hydrogens (primary N) is 1. The predicted molar refractivity (Wildman–Crippen MR) is 88.7 cm³/mol. The van der Waals surface area contributed by atoms with E-state index < -0.39 is 22.2 Å². The molecule has 25 heavy (non-hydrogen) atoms. The number of carboxylic acids is 2. The summed E-state index contributed by atoms with van der Waals surface area (Å²) in [4.78, 5) is 20.7. The lowest BCUT2D eigenvalue weighted by atomic mass is 10.1. The Morgan fingerprint density at radius 2 is 1.04 bits per heavy atom. The van der Waals surface area contributed by atoms with Crippen LogP contribution < -0.4 is 5.14 Å². The number of aliphatic hydroxyl groups excluding tert-OH is 2. The molecule has 0 fully saturated rings. The minimum atomic E-state index is -4.17. The highest BCUT2D eigenvalue weighted by Crippen LogP contribution is 2.03. The monoisotopic (exact) mass is 381 g/mol. The number of hydrogen-bond donors (Lipinski definition) is 6. The van der Waals surface area contributed by atoms with Crippen LogP contribution in [-0.4, -0.2) is 58.5 Å². The number of aliphatic hydroxyl groups is 2. The van der Waals surface area contributed by atoms with Crippen molar-refractivity contribution in [1.29, 1.82) is 0 Å². The summed E-state index contributed by atoms with van der Waals surface area (Å²) >= 11 is 0. The molecule has 0 unspecified atom stereocenters. The minimum absolute atomic E-state index is 0.0833. The van der Waals surface area contributed by atoms with Gasteiger partial charge in [-0.3, -0.25) is 4.55 Å². The number of carbonyl (C=O) groups is 2. The molecule has 10 nitrogen and oxygen atoms in total. The standard InChI is InChI=1S/C8H6O4.C6H14O2.H3NO3S/c9-7(10)5-1-2-6(4-3-5)8(11)12;7-5-3-1-2-4-6-8;1-5(2,3)4/h1-4H,(H,9,10)(H,11,12);7-8H,1-6H2;(H3,1,2,3,4). The number of aromatic carboxylic acids is 2. The van der Waals surface area contributed by atoms with Crippen LogP contribution in [0.25, 0.3) is 0 Å². The van der Waals surface area contributed by atoms with Crippen LogP contribution in [0.4, 0.5) is 0 Å². The highest BCUT2D eigenvalue weighted by atomic mass is 32.2. The molecular formula is C14H23NO9S. The maximum atomic E-state index is 10.3. The summed E-state index contributed by atoms with van der Waals surface area (Å²) < 4.78 is 25.2. The van der Waals surface area contributed by atoms with Crippen molar-refractivity contribution in [3.63, 3.8) is 0 Å². The van der Waals surface area contributed by atoms with Gasteiger partial charge < -0.3 is 20.4 Å². The zero-order valence-corrected chi connectivity index (χ0v) is 14.2. The first-order valence-corrected chi connectivity index (χ1v) is 8.56. The van der Waals surface area contributed by atoms with Gasteiger partial charge in [-0.2, -0.15) is 8.42 Å². The Labute approximate surface area is 145 Å². The van der Waals surface area contributed by atoms with Gasteiger partial charge in [-0.25, -0.2) is 14.7 Å². The Hall–Kier alpha value is -2.05. The lowest BCUT2D eigenvalue weighted by Gasteiger charge is -1.94. The molecule has 1 aromatic rings. The third-order valence-corrected chi connectivity index (χ3v) is 2.45. The highest BCUT2D eigenvalue weighted by molar-refractivity contribution is 7.83. The maximum absolute atomic E-state index is 10.3. The van der Waals surface area contributed by atoms with E-state index in [-0.39, 0.29) is 24.3 Å². The molecule has 0 atom stereocenters. The van der Waals surface area contributed by atoms with Crippen LogP contribution in [0, 0.1) is 0 Å². The van der Waals surface area contributed by atoms with Crippen LogP contribution in [0.2, 0.25) is 0 Å². The van der Waals surface area contributed by atoms with Gasteiger partial charge in [0, 0.05) is 13.2 Å². The number of unbranched alkanes of at least 4 members (excludes halogenated alkanes) is 3. The molecule has 0 aromatic heterocycles. The molecule has 0 saturated carbocycles. The summed E-state index contributed by atoms with van der Waals surface area (Å²) in [5.74, 6) is -2.13. The summed E-state index contributed by atoms with van der Waals surface area (Å²) in [6, 6.07) is 5.02. The number of carboxylic acid groups (broad SMARTS) is 2. The SMILES string of the molecule is NS(=O)(=O)O.O=C(O)c1ccc(C(=O)O)cc1.OCCCCCCO. The van der Waals surface area contributed by atoms with Crippen LogP contribution in [0.1, 0.15) is 46.4 Å². The van der Waals surface area contributed by atoms with E-state index in [4.69, 9.17) is 33.4 Å². The molecule has 1 rings (SSSR count). The zero-order chi connectivity index (χ0) is 19.9. The van der Waals surface area contributed by atoms with E-state index in [1.54, 1.807) is 0 Å². The average molecular weight is 381 g/mol. The second-order valence-electron chi connectivity index (χ2n) is 4.56. The molecule has 0 saturated heterocycles. The Balaban J connectivity index is 0. The van der Waals surface area contributed by atoms with E-state index in [1.807, 2.05) is 0 Å². The number of benzene rings is 1. The van der Waals surface area contributed by atoms with Crippen LogP contribution >= 0.6 is 0 Å². The van der Waals surface area contributed by atoms with Crippen LogP contribution in [-0.2, 0) is 10.3 Å². The molecule has 0 heterocycles. The summed E-state index contributed by atoms with van der Waals surface area (Å²) in [6.07, 6.45) is 3.83. The molecular weight excluding hydrogens is 358 g/mol. The van der Waals surface area contributed by atoms with E-state index >= 15 is 0 Å². The van der Waals surface area contributed by atoms with E-state index in [0.29, 0.717) is 0 Å². The Kier molecular flexibility index (Phi) is 14.4. The number of rotatable bonds is 7. The van der Waals surface area contributed by atoms with E-state index in [9.17, 15) is 9.59 Å². The largest absolute Gasteiger partial charge is 0.478 e. The molecule has 7 N–H and O–H groups in total. The lowest BCUT2D eigenvalue weighted by molar-refractivity contribution is 0.0681. The molecule has 11 heteroatoms. The van der Waals surface area contributed by atoms with Gasteiger partial charge in [0.25, 0.3) is 0 Å². The Morgan fingerprint density at radius 3 is 1.20 bits per heavy atom. The minimum Gasteiger partial charge on any atom is -0.478 e. The Morgan fingerprint density at radius 1 is 0.800 bits per heavy atom. The molecule has 0 amide bonds. The fraction of sp³-hybridized carbons (Fsp3) is 0.429. The van der Waals surface area contributed by atoms with Crippen molar-refractivity contribution in [3.8, 4) is 0 Å². The van der Waals surface area contributed by atoms with Gasteiger partial charge in [0.15, 0.2) is 0 Å². The van der Waals surface area contributed by atoms with Gasteiger partial charge in [-0.1, -0.05) is 12.8 Å². The topological polar surface area (TPSA) is 195 Å². The molecule has 0 aliphatic heterocycles. The molecule has 144 valence electrons. The van der Waals surface area contributed by atoms with Crippen LogP contribution in [0.15, 0.2) is 24.3 Å². The van der Waals surface area contributed by atoms with Crippen LogP contribution in [0.3, 0.4) is 0 Å². The van der Waals surface area contributed by atoms with Gasteiger partial charge in [-0.15, -0.1) is 0 Å². The van der Waals surface area contributed by atoms with Crippen molar-refractivity contribution in [1.82, 2.24) is 0 Å². The van der Waals surface area contributed by atoms with Gasteiger partial charge in [-0.05, 0) is 37.1 Å². The third-order valence-electron chi connectivity index (χ3n) is 2.45. The highest BCUT2D eigenvalue weighted by Gasteiger charge is 2.04. The van der Waals surface area contributed by atoms with Crippen molar-refractivity contribution in [2.75, 3.05) is 13.2 Å². The Bertz CT molecular complexity index is 552. The number of hydrogen-bond acceptors (Lipinski definition) is 6. The average Bonchev–Trinajstić information content (AvgIpc) is 2.51. The van der Waals surface area contributed by atoms with Crippen molar-refractivity contribution in [2.24, 2.45) is 5.14 Å². The van der Waals surface area contributed by atoms with Crippen molar-refractivity contribution in [3.05, 3.63) is 35.4 Å². The van der Waals surface area contributed by atoms with E-state index in [1.165, 1.54) is 24.3 Å². The van der Waals surface area contributed by atoms with Gasteiger partial charge >= 0.3 is 22.2 Å². The van der Waals surface area contributed by atoms with Crippen LogP contribution in [0.5, 0.6) is 0 Å². The second-order valence-corrected chi connectivity index (χ2v) is 5.59. The van der Waals surface area contributed by atoms with Gasteiger partial charge in [0.05, 0.1) is 11.1 Å². The molecule has 0 spiro atoms. The van der Waals surface area contributed by atoms with Gasteiger partial charge in [0.2, 0.25) is 0 Å². The fourth-order valence-electron chi connectivity index (χ4n) is 1.33. The summed E-state index contributed by atoms with van der Waals surface area (Å²) in [6.45, 7) is 0.566. The van der Waals surface area contributed by atoms with Gasteiger partial charge in [0.1, 0.15) is 0 Å². The molecule has 0 bridgehead atoms. The molecule has 0 aliphatic carbocycles. The quantitative estimate of drug-likeness (QED) is 0.285. The third kappa shape index (κ3) is 19.9. The summed E-state index contributed by atoms with van der Waals surface area (Å²) in [5.41, 5.74) is 0.167. The zero-order valence-electron chi connectivity index (χ0n) is 13.4. The lowest BCUT2D eigenvalue weighted by Crippen LogP contribution is -2.08. The summed E-state index contributed by atoms with van der Waals surface area (Å²) in [5, 5.41) is 37.4. The first kappa shape index (κ1) is 25.2. The van der Waals surface area contributed by atoms with Crippen molar-refractivity contribution < 1.29 is 43.0 Å². The normalized spacial score (nSPS) is 9.92. The molecule has 0 radical (unpaired) electrons. The first-order valence-electron chi connectivity index (χ1n) is 7.06. The van der Waals surface area contributed by atoms with Crippen molar-refractivity contribution in [2.45, 2.75) is 25.7 Å². The maximum Gasteiger partial charge on any atom is 0.335 e. The summed E-state index contributed by atoms with van der Waals surface area (Å²) in [7, 11) is -4.17.